The highest BCUT2D eigenvalue weighted by molar-refractivity contribution is 8.17. The fourth-order valence-electron chi connectivity index (χ4n) is 2.06. The molecule has 2 aliphatic rings. The third kappa shape index (κ3) is 2.37. The van der Waals surface area contributed by atoms with Gasteiger partial charge in [-0.2, -0.15) is 0 Å². The number of hydrogen-bond acceptors (Lipinski definition) is 4. The smallest absolute Gasteiger partial charge is 0.352 e. The van der Waals surface area contributed by atoms with E-state index in [1.54, 1.807) is 29.6 Å². The highest BCUT2D eigenvalue weighted by atomic mass is 32.2. The summed E-state index contributed by atoms with van der Waals surface area (Å²) in [6, 6.07) is 9.85. The Kier molecular flexibility index (Phi) is 3.28. The Morgan fingerprint density at radius 2 is 2.11 bits per heavy atom. The van der Waals surface area contributed by atoms with E-state index in [4.69, 9.17) is 0 Å². The molecule has 1 unspecified atom stereocenters. The number of carbonyl (C=O) groups is 2. The highest BCUT2D eigenvalue weighted by Gasteiger charge is 2.45. The van der Waals surface area contributed by atoms with Gasteiger partial charge in [0.2, 0.25) is 5.91 Å². The zero-order valence-corrected chi connectivity index (χ0v) is 11.5. The lowest BCUT2D eigenvalue weighted by molar-refractivity contribution is -0.146. The zero-order valence-electron chi connectivity index (χ0n) is 9.85. The van der Waals surface area contributed by atoms with Crippen molar-refractivity contribution >= 4 is 35.4 Å². The monoisotopic (exact) mass is 293 g/mol. The number of benzene rings is 1. The van der Waals surface area contributed by atoms with Crippen molar-refractivity contribution in [2.45, 2.75) is 21.3 Å². The molecule has 0 aliphatic carbocycles. The molecule has 0 aromatic heterocycles. The molecule has 0 bridgehead atoms. The molecule has 1 saturated heterocycles. The van der Waals surface area contributed by atoms with E-state index in [1.807, 2.05) is 30.3 Å². The molecular weight excluding hydrogens is 282 g/mol. The van der Waals surface area contributed by atoms with Gasteiger partial charge in [-0.1, -0.05) is 18.2 Å². The van der Waals surface area contributed by atoms with Crippen molar-refractivity contribution < 1.29 is 14.7 Å². The maximum absolute atomic E-state index is 11.4. The third-order valence-electron chi connectivity index (χ3n) is 2.97. The maximum atomic E-state index is 11.4. The topological polar surface area (TPSA) is 57.6 Å². The van der Waals surface area contributed by atoms with Crippen molar-refractivity contribution in [2.75, 3.05) is 0 Å². The summed E-state index contributed by atoms with van der Waals surface area (Å²) in [7, 11) is 0. The highest BCUT2D eigenvalue weighted by Crippen LogP contribution is 2.45. The van der Waals surface area contributed by atoms with Crippen LogP contribution in [0.2, 0.25) is 0 Å². The van der Waals surface area contributed by atoms with E-state index in [1.165, 1.54) is 4.90 Å². The van der Waals surface area contributed by atoms with Crippen molar-refractivity contribution in [3.8, 4) is 0 Å². The van der Waals surface area contributed by atoms with Crippen molar-refractivity contribution in [3.05, 3.63) is 42.1 Å². The van der Waals surface area contributed by atoms with E-state index in [2.05, 4.69) is 0 Å². The lowest BCUT2D eigenvalue weighted by Crippen LogP contribution is -2.53. The third-order valence-corrected chi connectivity index (χ3v) is 5.60. The van der Waals surface area contributed by atoms with Gasteiger partial charge >= 0.3 is 5.97 Å². The normalized spacial score (nSPS) is 25.4. The van der Waals surface area contributed by atoms with Gasteiger partial charge in [-0.15, -0.1) is 23.5 Å². The Bertz CT molecular complexity index is 558. The van der Waals surface area contributed by atoms with Crippen molar-refractivity contribution in [1.82, 2.24) is 4.90 Å². The second-order valence-corrected chi connectivity index (χ2v) is 7.05. The van der Waals surface area contributed by atoms with Crippen LogP contribution in [-0.2, 0) is 9.59 Å². The minimum Gasteiger partial charge on any atom is -0.477 e. The maximum Gasteiger partial charge on any atom is 0.352 e. The molecule has 2 aliphatic heterocycles. The van der Waals surface area contributed by atoms with Gasteiger partial charge < -0.3 is 5.11 Å². The number of rotatable bonds is 3. The van der Waals surface area contributed by atoms with E-state index in [0.717, 1.165) is 4.90 Å². The van der Waals surface area contributed by atoms with Crippen LogP contribution in [0.1, 0.15) is 6.42 Å². The molecule has 3 rings (SSSR count). The molecule has 0 radical (unpaired) electrons. The van der Waals surface area contributed by atoms with E-state index in [0.29, 0.717) is 6.42 Å². The Morgan fingerprint density at radius 1 is 1.37 bits per heavy atom. The van der Waals surface area contributed by atoms with E-state index in [-0.39, 0.29) is 21.6 Å². The van der Waals surface area contributed by atoms with E-state index in [9.17, 15) is 14.7 Å². The van der Waals surface area contributed by atoms with Gasteiger partial charge in [0.15, 0.2) is 0 Å². The van der Waals surface area contributed by atoms with Crippen LogP contribution in [0.4, 0.5) is 0 Å². The minimum atomic E-state index is -1.03. The summed E-state index contributed by atoms with van der Waals surface area (Å²) in [6.07, 6.45) is 2.10. The number of fused-ring (bicyclic) bond motifs is 1. The van der Waals surface area contributed by atoms with Gasteiger partial charge in [0, 0.05) is 4.90 Å². The Hall–Kier alpha value is -1.40. The van der Waals surface area contributed by atoms with Crippen LogP contribution in [0.25, 0.3) is 0 Å². The Morgan fingerprint density at radius 3 is 2.74 bits per heavy atom. The summed E-state index contributed by atoms with van der Waals surface area (Å²) in [5.74, 6) is -1.13. The van der Waals surface area contributed by atoms with Crippen LogP contribution in [0, 0.1) is 0 Å². The van der Waals surface area contributed by atoms with Gasteiger partial charge in [-0.25, -0.2) is 4.79 Å². The number of thioether (sulfide) groups is 2. The van der Waals surface area contributed by atoms with Crippen molar-refractivity contribution in [2.24, 2.45) is 0 Å². The average Bonchev–Trinajstić information content (AvgIpc) is 2.38. The molecule has 1 aromatic carbocycles. The lowest BCUT2D eigenvalue weighted by atomic mass is 10.1. The number of nitrogens with zero attached hydrogens (tertiary/aromatic N) is 1. The molecule has 2 heterocycles. The minimum absolute atomic E-state index is 0.0233. The molecule has 1 N–H and O–H groups in total. The molecule has 4 nitrogen and oxygen atoms in total. The largest absolute Gasteiger partial charge is 0.477 e. The SMILES string of the molecule is O=C(O)C1=CC(Sc2ccccc2)S[C@@H]2CC(=O)N12. The number of amides is 1. The Labute approximate surface area is 118 Å². The first-order valence-corrected chi connectivity index (χ1v) is 7.62. The van der Waals surface area contributed by atoms with Gasteiger partial charge in [-0.3, -0.25) is 9.69 Å². The quantitative estimate of drug-likeness (QED) is 0.867. The molecule has 19 heavy (non-hydrogen) atoms. The van der Waals surface area contributed by atoms with Crippen LogP contribution in [0.5, 0.6) is 0 Å². The summed E-state index contributed by atoms with van der Waals surface area (Å²) in [6.45, 7) is 0. The first-order valence-electron chi connectivity index (χ1n) is 5.79. The number of hydrogen-bond donors (Lipinski definition) is 1. The molecule has 1 amide bonds. The first kappa shape index (κ1) is 12.6. The fourth-order valence-corrected chi connectivity index (χ4v) is 4.89. The van der Waals surface area contributed by atoms with Crippen LogP contribution < -0.4 is 0 Å². The summed E-state index contributed by atoms with van der Waals surface area (Å²) < 4.78 is 0.0304. The second kappa shape index (κ2) is 4.94. The standard InChI is InChI=1S/C13H11NO3S2/c15-10-7-11-14(10)9(13(16)17)6-12(19-11)18-8-4-2-1-3-5-8/h1-6,11-12H,7H2,(H,16,17)/t11-,12?/m1/s1. The lowest BCUT2D eigenvalue weighted by Gasteiger charge is -2.44. The number of β-lactam (4-membered cyclic amide) rings is 1. The number of carboxylic acid groups (broad SMARTS) is 1. The van der Waals surface area contributed by atoms with Crippen LogP contribution in [-0.4, -0.2) is 31.8 Å². The Balaban J connectivity index is 1.82. The van der Waals surface area contributed by atoms with Crippen molar-refractivity contribution in [1.29, 1.82) is 0 Å². The number of carboxylic acids is 1. The van der Waals surface area contributed by atoms with Crippen LogP contribution in [0.15, 0.2) is 47.0 Å². The van der Waals surface area contributed by atoms with Gasteiger partial charge in [-0.05, 0) is 18.2 Å². The molecule has 0 spiro atoms. The molecule has 1 aromatic rings. The summed E-state index contributed by atoms with van der Waals surface area (Å²) in [5, 5.41) is 9.16. The van der Waals surface area contributed by atoms with E-state index < -0.39 is 5.97 Å². The predicted octanol–water partition coefficient (Wildman–Crippen LogP) is 2.38. The van der Waals surface area contributed by atoms with Gasteiger partial charge in [0.25, 0.3) is 0 Å². The summed E-state index contributed by atoms with van der Waals surface area (Å²) in [4.78, 5) is 25.1. The van der Waals surface area contributed by atoms with Gasteiger partial charge in [0.05, 0.1) is 16.4 Å². The molecule has 98 valence electrons. The average molecular weight is 293 g/mol. The van der Waals surface area contributed by atoms with Crippen molar-refractivity contribution in [3.63, 3.8) is 0 Å². The number of carbonyl (C=O) groups excluding carboxylic acids is 1. The summed E-state index contributed by atoms with van der Waals surface area (Å²) in [5.41, 5.74) is 0.119. The summed E-state index contributed by atoms with van der Waals surface area (Å²) >= 11 is 3.24. The molecule has 1 fully saturated rings. The van der Waals surface area contributed by atoms with E-state index >= 15 is 0 Å². The fraction of sp³-hybridized carbons (Fsp3) is 0.231. The predicted molar refractivity (Wildman–Crippen MR) is 74.6 cm³/mol. The van der Waals surface area contributed by atoms with Crippen LogP contribution >= 0.6 is 23.5 Å². The second-order valence-electron chi connectivity index (χ2n) is 4.21. The molecule has 0 saturated carbocycles. The van der Waals surface area contributed by atoms with Gasteiger partial charge in [0.1, 0.15) is 5.70 Å². The molecular formula is C13H11NO3S2. The first-order chi connectivity index (χ1) is 9.15. The molecule has 6 heteroatoms. The number of aliphatic carboxylic acids is 1. The molecule has 2 atom stereocenters. The van der Waals surface area contributed by atoms with Crippen LogP contribution in [0.3, 0.4) is 0 Å². The zero-order chi connectivity index (χ0) is 13.4.